The fourth-order valence-corrected chi connectivity index (χ4v) is 1.85. The highest BCUT2D eigenvalue weighted by Crippen LogP contribution is 2.17. The Morgan fingerprint density at radius 1 is 1.25 bits per heavy atom. The molecule has 0 saturated heterocycles. The van der Waals surface area contributed by atoms with E-state index in [1.54, 1.807) is 0 Å². The molecule has 2 aromatic heterocycles. The van der Waals surface area contributed by atoms with Crippen LogP contribution in [0.4, 0.5) is 5.95 Å². The number of aromatic amines is 1. The zero-order chi connectivity index (χ0) is 13.8. The summed E-state index contributed by atoms with van der Waals surface area (Å²) in [4.78, 5) is 4.30. The van der Waals surface area contributed by atoms with Gasteiger partial charge in [0, 0.05) is 5.56 Å². The Labute approximate surface area is 116 Å². The molecule has 0 saturated carbocycles. The molecule has 20 heavy (non-hydrogen) atoms. The molecular formula is C14H15N5O. The Bertz CT molecular complexity index is 674. The van der Waals surface area contributed by atoms with Crippen LogP contribution in [-0.4, -0.2) is 20.3 Å². The van der Waals surface area contributed by atoms with Crippen LogP contribution in [0.1, 0.15) is 18.3 Å². The van der Waals surface area contributed by atoms with Gasteiger partial charge in [-0.05, 0) is 29.8 Å². The molecule has 6 heteroatoms. The van der Waals surface area contributed by atoms with Gasteiger partial charge < -0.3 is 9.84 Å². The summed E-state index contributed by atoms with van der Waals surface area (Å²) in [6.45, 7) is 2.65. The average molecular weight is 269 g/mol. The van der Waals surface area contributed by atoms with E-state index in [0.717, 1.165) is 23.4 Å². The number of hydrogen-bond acceptors (Lipinski definition) is 5. The fourth-order valence-electron chi connectivity index (χ4n) is 1.85. The van der Waals surface area contributed by atoms with Crippen LogP contribution in [-0.2, 0) is 13.0 Å². The van der Waals surface area contributed by atoms with Gasteiger partial charge in [0.05, 0.1) is 17.9 Å². The van der Waals surface area contributed by atoms with E-state index in [0.29, 0.717) is 18.4 Å². The number of nitrogens with one attached hydrogen (secondary N) is 2. The summed E-state index contributed by atoms with van der Waals surface area (Å²) in [7, 11) is 0. The molecule has 0 radical (unpaired) electrons. The van der Waals surface area contributed by atoms with Gasteiger partial charge in [0.15, 0.2) is 0 Å². The second-order valence-electron chi connectivity index (χ2n) is 4.38. The second kappa shape index (κ2) is 5.56. The SMILES string of the molecule is CCc1cc(CNc2noc(-c3ccccc3)n2)[nH]n1. The van der Waals surface area contributed by atoms with Crippen LogP contribution in [0.2, 0.25) is 0 Å². The number of H-pyrrole nitrogens is 1. The van der Waals surface area contributed by atoms with Crippen molar-refractivity contribution < 1.29 is 4.52 Å². The van der Waals surface area contributed by atoms with Gasteiger partial charge in [0.25, 0.3) is 11.8 Å². The van der Waals surface area contributed by atoms with Gasteiger partial charge in [-0.3, -0.25) is 5.10 Å². The third-order valence-electron chi connectivity index (χ3n) is 2.93. The van der Waals surface area contributed by atoms with Crippen molar-refractivity contribution >= 4 is 5.95 Å². The lowest BCUT2D eigenvalue weighted by molar-refractivity contribution is 0.432. The van der Waals surface area contributed by atoms with Crippen molar-refractivity contribution in [1.29, 1.82) is 0 Å². The van der Waals surface area contributed by atoms with Crippen molar-refractivity contribution in [3.8, 4) is 11.5 Å². The zero-order valence-electron chi connectivity index (χ0n) is 11.1. The number of hydrogen-bond donors (Lipinski definition) is 2. The Hall–Kier alpha value is -2.63. The number of aryl methyl sites for hydroxylation is 1. The summed E-state index contributed by atoms with van der Waals surface area (Å²) < 4.78 is 5.22. The molecule has 0 aliphatic carbocycles. The summed E-state index contributed by atoms with van der Waals surface area (Å²) in [6.07, 6.45) is 0.914. The van der Waals surface area contributed by atoms with Crippen LogP contribution in [0.3, 0.4) is 0 Å². The predicted molar refractivity (Wildman–Crippen MR) is 75.0 cm³/mol. The van der Waals surface area contributed by atoms with Gasteiger partial charge in [0.1, 0.15) is 0 Å². The highest BCUT2D eigenvalue weighted by Gasteiger charge is 2.08. The maximum absolute atomic E-state index is 5.22. The smallest absolute Gasteiger partial charge is 0.264 e. The van der Waals surface area contributed by atoms with Crippen LogP contribution in [0.25, 0.3) is 11.5 Å². The van der Waals surface area contributed by atoms with Crippen molar-refractivity contribution in [3.63, 3.8) is 0 Å². The highest BCUT2D eigenvalue weighted by molar-refractivity contribution is 5.53. The molecule has 2 heterocycles. The summed E-state index contributed by atoms with van der Waals surface area (Å²) in [5, 5.41) is 14.1. The Balaban J connectivity index is 1.65. The minimum atomic E-state index is 0.469. The Morgan fingerprint density at radius 3 is 2.85 bits per heavy atom. The van der Waals surface area contributed by atoms with Crippen molar-refractivity contribution in [2.75, 3.05) is 5.32 Å². The van der Waals surface area contributed by atoms with Gasteiger partial charge >= 0.3 is 0 Å². The minimum absolute atomic E-state index is 0.469. The molecule has 0 unspecified atom stereocenters. The summed E-state index contributed by atoms with van der Waals surface area (Å²) in [5.74, 6) is 0.975. The quantitative estimate of drug-likeness (QED) is 0.744. The van der Waals surface area contributed by atoms with E-state index >= 15 is 0 Å². The van der Waals surface area contributed by atoms with E-state index in [4.69, 9.17) is 4.52 Å². The van der Waals surface area contributed by atoms with E-state index in [1.807, 2.05) is 36.4 Å². The lowest BCUT2D eigenvalue weighted by atomic mass is 10.2. The fraction of sp³-hybridized carbons (Fsp3) is 0.214. The topological polar surface area (TPSA) is 79.6 Å². The Morgan fingerprint density at radius 2 is 2.10 bits per heavy atom. The molecule has 102 valence electrons. The van der Waals surface area contributed by atoms with Gasteiger partial charge in [-0.2, -0.15) is 10.1 Å². The highest BCUT2D eigenvalue weighted by atomic mass is 16.5. The molecule has 0 amide bonds. The van der Waals surface area contributed by atoms with Crippen molar-refractivity contribution in [1.82, 2.24) is 20.3 Å². The van der Waals surface area contributed by atoms with Crippen molar-refractivity contribution in [2.45, 2.75) is 19.9 Å². The van der Waals surface area contributed by atoms with E-state index in [2.05, 4.69) is 32.6 Å². The first-order valence-corrected chi connectivity index (χ1v) is 6.51. The van der Waals surface area contributed by atoms with Crippen LogP contribution in [0.5, 0.6) is 0 Å². The van der Waals surface area contributed by atoms with Gasteiger partial charge in [0.2, 0.25) is 0 Å². The minimum Gasteiger partial charge on any atom is -0.346 e. The largest absolute Gasteiger partial charge is 0.346 e. The van der Waals surface area contributed by atoms with E-state index in [-0.39, 0.29) is 0 Å². The lowest BCUT2D eigenvalue weighted by Gasteiger charge is -1.96. The number of nitrogens with zero attached hydrogens (tertiary/aromatic N) is 3. The average Bonchev–Trinajstić information content (AvgIpc) is 3.15. The normalized spacial score (nSPS) is 10.7. The third-order valence-corrected chi connectivity index (χ3v) is 2.93. The maximum atomic E-state index is 5.22. The molecule has 0 aliphatic rings. The lowest BCUT2D eigenvalue weighted by Crippen LogP contribution is -2.01. The number of anilines is 1. The van der Waals surface area contributed by atoms with Gasteiger partial charge in [-0.25, -0.2) is 0 Å². The molecule has 2 N–H and O–H groups in total. The molecule has 0 spiro atoms. The standard InChI is InChI=1S/C14H15N5O/c1-2-11-8-12(18-17-11)9-15-14-16-13(20-19-14)10-6-4-3-5-7-10/h3-8H,2,9H2,1H3,(H,15,19)(H,17,18). The van der Waals surface area contributed by atoms with E-state index in [9.17, 15) is 0 Å². The van der Waals surface area contributed by atoms with Gasteiger partial charge in [-0.15, -0.1) is 0 Å². The molecule has 3 aromatic rings. The molecule has 0 aliphatic heterocycles. The summed E-state index contributed by atoms with van der Waals surface area (Å²) in [6, 6.07) is 11.7. The second-order valence-corrected chi connectivity index (χ2v) is 4.38. The number of aromatic nitrogens is 4. The molecule has 3 rings (SSSR count). The summed E-state index contributed by atoms with van der Waals surface area (Å²) in [5.41, 5.74) is 2.94. The predicted octanol–water partition coefficient (Wildman–Crippen LogP) is 2.63. The van der Waals surface area contributed by atoms with Crippen LogP contribution in [0, 0.1) is 0 Å². The van der Waals surface area contributed by atoms with Crippen molar-refractivity contribution in [3.05, 3.63) is 47.8 Å². The molecule has 0 atom stereocenters. The van der Waals surface area contributed by atoms with Gasteiger partial charge in [-0.1, -0.05) is 25.1 Å². The molecular weight excluding hydrogens is 254 g/mol. The van der Waals surface area contributed by atoms with Crippen LogP contribution in [0.15, 0.2) is 40.9 Å². The first-order chi connectivity index (χ1) is 9.85. The maximum Gasteiger partial charge on any atom is 0.264 e. The Kier molecular flexibility index (Phi) is 3.45. The molecule has 6 nitrogen and oxygen atoms in total. The van der Waals surface area contributed by atoms with Crippen molar-refractivity contribution in [2.24, 2.45) is 0 Å². The first kappa shape index (κ1) is 12.4. The number of rotatable bonds is 5. The van der Waals surface area contributed by atoms with Crippen LogP contribution >= 0.6 is 0 Å². The monoisotopic (exact) mass is 269 g/mol. The number of benzene rings is 1. The molecule has 0 bridgehead atoms. The summed E-state index contributed by atoms with van der Waals surface area (Å²) >= 11 is 0. The third kappa shape index (κ3) is 2.69. The van der Waals surface area contributed by atoms with Crippen LogP contribution < -0.4 is 5.32 Å². The molecule has 1 aromatic carbocycles. The zero-order valence-corrected chi connectivity index (χ0v) is 11.1. The first-order valence-electron chi connectivity index (χ1n) is 6.51. The molecule has 0 fully saturated rings. The van der Waals surface area contributed by atoms with E-state index in [1.165, 1.54) is 0 Å². The van der Waals surface area contributed by atoms with E-state index < -0.39 is 0 Å².